The van der Waals surface area contributed by atoms with E-state index < -0.39 is 0 Å². The summed E-state index contributed by atoms with van der Waals surface area (Å²) in [5, 5.41) is 12.4. The van der Waals surface area contributed by atoms with Gasteiger partial charge in [0.15, 0.2) is 11.5 Å². The molecule has 0 spiro atoms. The fourth-order valence-electron chi connectivity index (χ4n) is 1.77. The molecule has 0 aliphatic heterocycles. The lowest BCUT2D eigenvalue weighted by Crippen LogP contribution is -2.31. The van der Waals surface area contributed by atoms with Gasteiger partial charge in [0.1, 0.15) is 0 Å². The number of ether oxygens (including phenoxy) is 2. The van der Waals surface area contributed by atoms with Gasteiger partial charge in [-0.3, -0.25) is 0 Å². The van der Waals surface area contributed by atoms with Gasteiger partial charge in [-0.2, -0.15) is 0 Å². The van der Waals surface area contributed by atoms with E-state index >= 15 is 0 Å². The van der Waals surface area contributed by atoms with Crippen molar-refractivity contribution in [2.24, 2.45) is 0 Å². The fourth-order valence-corrected chi connectivity index (χ4v) is 1.77. The van der Waals surface area contributed by atoms with Gasteiger partial charge < -0.3 is 19.9 Å². The molecule has 2 N–H and O–H groups in total. The van der Waals surface area contributed by atoms with Crippen molar-refractivity contribution in [3.63, 3.8) is 0 Å². The highest BCUT2D eigenvalue weighted by Crippen LogP contribution is 2.28. The molecule has 0 fully saturated rings. The van der Waals surface area contributed by atoms with E-state index in [-0.39, 0.29) is 18.8 Å². The van der Waals surface area contributed by atoms with Crippen molar-refractivity contribution >= 4 is 0 Å². The van der Waals surface area contributed by atoms with E-state index in [1.807, 2.05) is 39.0 Å². The highest BCUT2D eigenvalue weighted by atomic mass is 16.5. The molecule has 0 radical (unpaired) electrons. The predicted molar refractivity (Wildman–Crippen MR) is 76.8 cm³/mol. The monoisotopic (exact) mass is 267 g/mol. The Morgan fingerprint density at radius 2 is 2.00 bits per heavy atom. The maximum Gasteiger partial charge on any atom is 0.161 e. The Balaban J connectivity index is 2.70. The number of methoxy groups -OCH3 is 1. The van der Waals surface area contributed by atoms with Crippen molar-refractivity contribution in [2.75, 3.05) is 13.7 Å². The second kappa shape index (κ2) is 8.02. The van der Waals surface area contributed by atoms with Crippen molar-refractivity contribution in [3.05, 3.63) is 23.8 Å². The molecule has 1 aromatic rings. The van der Waals surface area contributed by atoms with Gasteiger partial charge in [-0.1, -0.05) is 13.0 Å². The van der Waals surface area contributed by atoms with Crippen molar-refractivity contribution in [3.8, 4) is 11.5 Å². The van der Waals surface area contributed by atoms with E-state index in [2.05, 4.69) is 5.32 Å². The van der Waals surface area contributed by atoms with Gasteiger partial charge in [0.25, 0.3) is 0 Å². The summed E-state index contributed by atoms with van der Waals surface area (Å²) in [7, 11) is 1.64. The van der Waals surface area contributed by atoms with Gasteiger partial charge in [0.2, 0.25) is 0 Å². The lowest BCUT2D eigenvalue weighted by atomic mass is 10.1. The van der Waals surface area contributed by atoms with Gasteiger partial charge in [0.05, 0.1) is 19.8 Å². The number of hydrogen-bond acceptors (Lipinski definition) is 4. The van der Waals surface area contributed by atoms with Gasteiger partial charge in [0, 0.05) is 12.6 Å². The Kier molecular flexibility index (Phi) is 6.67. The first-order chi connectivity index (χ1) is 9.10. The first-order valence-corrected chi connectivity index (χ1v) is 6.78. The van der Waals surface area contributed by atoms with E-state index in [0.29, 0.717) is 6.54 Å². The third kappa shape index (κ3) is 5.09. The molecule has 0 bridgehead atoms. The number of benzene rings is 1. The van der Waals surface area contributed by atoms with Crippen LogP contribution in [-0.2, 0) is 6.54 Å². The van der Waals surface area contributed by atoms with Gasteiger partial charge in [-0.05, 0) is 38.0 Å². The molecule has 0 heterocycles. The molecule has 1 atom stereocenters. The molecular weight excluding hydrogens is 242 g/mol. The molecule has 0 amide bonds. The topological polar surface area (TPSA) is 50.7 Å². The second-order valence-corrected chi connectivity index (χ2v) is 4.82. The molecule has 108 valence electrons. The van der Waals surface area contributed by atoms with Crippen LogP contribution in [-0.4, -0.2) is 31.0 Å². The van der Waals surface area contributed by atoms with Gasteiger partial charge in [-0.25, -0.2) is 0 Å². The van der Waals surface area contributed by atoms with Crippen LogP contribution in [0.15, 0.2) is 18.2 Å². The van der Waals surface area contributed by atoms with Crippen LogP contribution >= 0.6 is 0 Å². The standard InChI is InChI=1S/C15H25NO3/c1-5-13(10-17)16-9-12-6-7-14(19-11(2)3)15(8-12)18-4/h6-8,11,13,16-17H,5,9-10H2,1-4H3/t13-/m1/s1. The first-order valence-electron chi connectivity index (χ1n) is 6.78. The van der Waals surface area contributed by atoms with Crippen molar-refractivity contribution in [1.29, 1.82) is 0 Å². The molecule has 4 heteroatoms. The van der Waals surface area contributed by atoms with E-state index in [4.69, 9.17) is 14.6 Å². The average molecular weight is 267 g/mol. The zero-order valence-corrected chi connectivity index (χ0v) is 12.3. The smallest absolute Gasteiger partial charge is 0.161 e. The van der Waals surface area contributed by atoms with E-state index in [9.17, 15) is 0 Å². The minimum Gasteiger partial charge on any atom is -0.493 e. The summed E-state index contributed by atoms with van der Waals surface area (Å²) >= 11 is 0. The molecule has 0 unspecified atom stereocenters. The summed E-state index contributed by atoms with van der Waals surface area (Å²) in [6, 6.07) is 6.04. The fraction of sp³-hybridized carbons (Fsp3) is 0.600. The van der Waals surface area contributed by atoms with Gasteiger partial charge in [-0.15, -0.1) is 0 Å². The van der Waals surface area contributed by atoms with Crippen LogP contribution in [0.1, 0.15) is 32.8 Å². The summed E-state index contributed by atoms with van der Waals surface area (Å²) in [5.74, 6) is 1.50. The van der Waals surface area contributed by atoms with Crippen LogP contribution in [0, 0.1) is 0 Å². The van der Waals surface area contributed by atoms with E-state index in [0.717, 1.165) is 23.5 Å². The van der Waals surface area contributed by atoms with Crippen molar-refractivity contribution in [1.82, 2.24) is 5.32 Å². The minimum absolute atomic E-state index is 0.122. The highest BCUT2D eigenvalue weighted by Gasteiger charge is 2.09. The zero-order valence-electron chi connectivity index (χ0n) is 12.3. The Hall–Kier alpha value is -1.26. The molecule has 0 saturated carbocycles. The quantitative estimate of drug-likeness (QED) is 0.759. The number of nitrogens with one attached hydrogen (secondary N) is 1. The maximum atomic E-state index is 9.14. The summed E-state index contributed by atoms with van der Waals surface area (Å²) in [4.78, 5) is 0. The number of rotatable bonds is 8. The molecule has 0 aromatic heterocycles. The van der Waals surface area contributed by atoms with Crippen molar-refractivity contribution in [2.45, 2.75) is 45.9 Å². The third-order valence-electron chi connectivity index (χ3n) is 2.90. The largest absolute Gasteiger partial charge is 0.493 e. The summed E-state index contributed by atoms with van der Waals surface area (Å²) < 4.78 is 11.0. The maximum absolute atomic E-state index is 9.14. The minimum atomic E-state index is 0.122. The summed E-state index contributed by atoms with van der Waals surface area (Å²) in [6.45, 7) is 6.89. The molecule has 1 aromatic carbocycles. The molecule has 0 aliphatic rings. The molecular formula is C15H25NO3. The van der Waals surface area contributed by atoms with Crippen LogP contribution in [0.5, 0.6) is 11.5 Å². The van der Waals surface area contributed by atoms with E-state index in [1.165, 1.54) is 0 Å². The molecule has 4 nitrogen and oxygen atoms in total. The lowest BCUT2D eigenvalue weighted by Gasteiger charge is -2.16. The summed E-state index contributed by atoms with van der Waals surface area (Å²) in [6.07, 6.45) is 1.03. The Morgan fingerprint density at radius 3 is 2.53 bits per heavy atom. The number of hydrogen-bond donors (Lipinski definition) is 2. The first kappa shape index (κ1) is 15.8. The third-order valence-corrected chi connectivity index (χ3v) is 2.90. The lowest BCUT2D eigenvalue weighted by molar-refractivity contribution is 0.229. The number of aliphatic hydroxyl groups is 1. The zero-order chi connectivity index (χ0) is 14.3. The Labute approximate surface area is 115 Å². The van der Waals surface area contributed by atoms with Crippen LogP contribution in [0.25, 0.3) is 0 Å². The summed E-state index contributed by atoms with van der Waals surface area (Å²) in [5.41, 5.74) is 1.11. The predicted octanol–water partition coefficient (Wildman–Crippen LogP) is 2.34. The van der Waals surface area contributed by atoms with Crippen LogP contribution in [0.3, 0.4) is 0 Å². The molecule has 0 aliphatic carbocycles. The highest BCUT2D eigenvalue weighted by molar-refractivity contribution is 5.43. The Bertz CT molecular complexity index is 376. The normalized spacial score (nSPS) is 12.5. The van der Waals surface area contributed by atoms with Crippen LogP contribution in [0.2, 0.25) is 0 Å². The van der Waals surface area contributed by atoms with Crippen molar-refractivity contribution < 1.29 is 14.6 Å². The van der Waals surface area contributed by atoms with Crippen LogP contribution in [0.4, 0.5) is 0 Å². The van der Waals surface area contributed by atoms with E-state index in [1.54, 1.807) is 7.11 Å². The van der Waals surface area contributed by atoms with Gasteiger partial charge >= 0.3 is 0 Å². The van der Waals surface area contributed by atoms with Crippen LogP contribution < -0.4 is 14.8 Å². The Morgan fingerprint density at radius 1 is 1.26 bits per heavy atom. The number of aliphatic hydroxyl groups excluding tert-OH is 1. The molecule has 19 heavy (non-hydrogen) atoms. The SMILES string of the molecule is CC[C@H](CO)NCc1ccc(OC(C)C)c(OC)c1. The molecule has 0 saturated heterocycles. The second-order valence-electron chi connectivity index (χ2n) is 4.82. The molecule has 1 rings (SSSR count). The average Bonchev–Trinajstić information content (AvgIpc) is 2.40.